The van der Waals surface area contributed by atoms with Gasteiger partial charge in [-0.15, -0.1) is 0 Å². The molecule has 0 aliphatic heterocycles. The molecule has 1 aliphatic carbocycles. The van der Waals surface area contributed by atoms with Crippen molar-refractivity contribution in [2.24, 2.45) is 5.73 Å². The molecule has 1 aromatic rings. The van der Waals surface area contributed by atoms with Gasteiger partial charge < -0.3 is 5.73 Å². The summed E-state index contributed by atoms with van der Waals surface area (Å²) in [5.41, 5.74) is 8.69. The fraction of sp³-hybridized carbons (Fsp3) is 0.333. The lowest BCUT2D eigenvalue weighted by Crippen LogP contribution is -2.05. The van der Waals surface area contributed by atoms with E-state index in [0.717, 1.165) is 12.8 Å². The summed E-state index contributed by atoms with van der Waals surface area (Å²) in [4.78, 5) is 0. The lowest BCUT2D eigenvalue weighted by atomic mass is 10.1. The number of benzene rings is 1. The Bertz CT molecular complexity index is 325. The fourth-order valence-corrected chi connectivity index (χ4v) is 2.52. The van der Waals surface area contributed by atoms with Crippen LogP contribution in [0.5, 0.6) is 0 Å². The molecule has 1 aliphatic rings. The minimum absolute atomic E-state index is 0.258. The molecule has 3 heteroatoms. The van der Waals surface area contributed by atoms with Crippen molar-refractivity contribution in [1.29, 1.82) is 0 Å². The minimum Gasteiger partial charge on any atom is -0.324 e. The molecule has 0 fully saturated rings. The highest BCUT2D eigenvalue weighted by molar-refractivity contribution is 14.1. The van der Waals surface area contributed by atoms with Crippen molar-refractivity contribution in [3.05, 3.63) is 31.3 Å². The monoisotopic (exact) mass is 337 g/mol. The summed E-state index contributed by atoms with van der Waals surface area (Å²) in [5, 5.41) is 0. The predicted molar refractivity (Wildman–Crippen MR) is 62.1 cm³/mol. The molecule has 1 nitrogen and oxygen atoms in total. The van der Waals surface area contributed by atoms with E-state index in [4.69, 9.17) is 5.73 Å². The summed E-state index contributed by atoms with van der Waals surface area (Å²) in [7, 11) is 0. The Morgan fingerprint density at radius 1 is 1.50 bits per heavy atom. The number of fused-ring (bicyclic) bond motifs is 1. The molecule has 2 N–H and O–H groups in total. The number of halogens is 2. The molecule has 0 amide bonds. The largest absolute Gasteiger partial charge is 0.324 e. The van der Waals surface area contributed by atoms with E-state index in [-0.39, 0.29) is 6.04 Å². The van der Waals surface area contributed by atoms with Crippen LogP contribution in [0, 0.1) is 3.57 Å². The molecule has 1 atom stereocenters. The Balaban J connectivity index is 2.56. The van der Waals surface area contributed by atoms with Crippen LogP contribution < -0.4 is 5.73 Å². The van der Waals surface area contributed by atoms with Gasteiger partial charge in [-0.3, -0.25) is 0 Å². The van der Waals surface area contributed by atoms with Crippen LogP contribution in [0.1, 0.15) is 23.6 Å². The number of nitrogens with two attached hydrogens (primary N) is 1. The summed E-state index contributed by atoms with van der Waals surface area (Å²) in [6, 6.07) is 4.65. The molecule has 2 rings (SSSR count). The van der Waals surface area contributed by atoms with Gasteiger partial charge in [0.05, 0.1) is 0 Å². The highest BCUT2D eigenvalue weighted by Crippen LogP contribution is 2.33. The molecule has 0 unspecified atom stereocenters. The van der Waals surface area contributed by atoms with Crippen molar-refractivity contribution in [3.63, 3.8) is 0 Å². The average molecular weight is 338 g/mol. The molecule has 0 radical (unpaired) electrons. The van der Waals surface area contributed by atoms with Crippen molar-refractivity contribution in [2.75, 3.05) is 0 Å². The lowest BCUT2D eigenvalue weighted by Gasteiger charge is -2.06. The molecule has 0 spiro atoms. The lowest BCUT2D eigenvalue weighted by molar-refractivity contribution is 0.713. The van der Waals surface area contributed by atoms with Crippen molar-refractivity contribution in [1.82, 2.24) is 0 Å². The van der Waals surface area contributed by atoms with Gasteiger partial charge in [-0.05, 0) is 74.6 Å². The second-order valence-electron chi connectivity index (χ2n) is 3.11. The summed E-state index contributed by atoms with van der Waals surface area (Å²) in [5.74, 6) is 0. The molecule has 1 aromatic carbocycles. The Morgan fingerprint density at radius 2 is 2.25 bits per heavy atom. The number of hydrogen-bond donors (Lipinski definition) is 1. The topological polar surface area (TPSA) is 26.0 Å². The number of hydrogen-bond acceptors (Lipinski definition) is 1. The van der Waals surface area contributed by atoms with Crippen LogP contribution in [0.4, 0.5) is 0 Å². The fourth-order valence-electron chi connectivity index (χ4n) is 1.63. The van der Waals surface area contributed by atoms with Gasteiger partial charge in [-0.25, -0.2) is 0 Å². The number of rotatable bonds is 0. The second kappa shape index (κ2) is 3.27. The van der Waals surface area contributed by atoms with Crippen molar-refractivity contribution in [2.45, 2.75) is 18.9 Å². The highest BCUT2D eigenvalue weighted by atomic mass is 127. The van der Waals surface area contributed by atoms with Gasteiger partial charge in [0.15, 0.2) is 0 Å². The first-order chi connectivity index (χ1) is 5.68. The van der Waals surface area contributed by atoms with Crippen LogP contribution in [0.25, 0.3) is 0 Å². The maximum atomic E-state index is 5.94. The maximum absolute atomic E-state index is 5.94. The second-order valence-corrected chi connectivity index (χ2v) is 5.13. The molecule has 0 bridgehead atoms. The highest BCUT2D eigenvalue weighted by Gasteiger charge is 2.19. The Kier molecular flexibility index (Phi) is 2.44. The van der Waals surface area contributed by atoms with Gasteiger partial charge in [-0.1, -0.05) is 0 Å². The van der Waals surface area contributed by atoms with E-state index in [1.807, 2.05) is 0 Å². The Morgan fingerprint density at radius 3 is 3.00 bits per heavy atom. The quantitative estimate of drug-likeness (QED) is 0.724. The van der Waals surface area contributed by atoms with Crippen LogP contribution in [0.2, 0.25) is 0 Å². The van der Waals surface area contributed by atoms with Crippen LogP contribution in [-0.2, 0) is 6.42 Å². The van der Waals surface area contributed by atoms with Crippen molar-refractivity contribution < 1.29 is 0 Å². The molecule has 64 valence electrons. The first-order valence-corrected chi connectivity index (χ1v) is 5.79. The molecule has 0 saturated heterocycles. The van der Waals surface area contributed by atoms with Gasteiger partial charge >= 0.3 is 0 Å². The average Bonchev–Trinajstić information content (AvgIpc) is 2.35. The molecule has 12 heavy (non-hydrogen) atoms. The van der Waals surface area contributed by atoms with E-state index in [0.29, 0.717) is 0 Å². The van der Waals surface area contributed by atoms with Gasteiger partial charge in [0.2, 0.25) is 0 Å². The molecule has 0 saturated carbocycles. The van der Waals surface area contributed by atoms with E-state index in [9.17, 15) is 0 Å². The van der Waals surface area contributed by atoms with Crippen LogP contribution in [0.15, 0.2) is 16.6 Å². The third-order valence-electron chi connectivity index (χ3n) is 2.31. The first-order valence-electron chi connectivity index (χ1n) is 3.92. The third-order valence-corrected chi connectivity index (χ3v) is 4.60. The maximum Gasteiger partial charge on any atom is 0.0312 e. The predicted octanol–water partition coefficient (Wildman–Crippen LogP) is 3.00. The van der Waals surface area contributed by atoms with E-state index >= 15 is 0 Å². The van der Waals surface area contributed by atoms with E-state index in [2.05, 4.69) is 50.7 Å². The zero-order valence-corrected chi connectivity index (χ0v) is 10.2. The van der Waals surface area contributed by atoms with Crippen molar-refractivity contribution >= 4 is 38.5 Å². The SMILES string of the molecule is N[C@H]1CCc2cc(I)c(Br)cc21. The molecule has 0 aromatic heterocycles. The summed E-state index contributed by atoms with van der Waals surface area (Å²) < 4.78 is 2.44. The third kappa shape index (κ3) is 1.42. The van der Waals surface area contributed by atoms with Crippen LogP contribution >= 0.6 is 38.5 Å². The smallest absolute Gasteiger partial charge is 0.0312 e. The summed E-state index contributed by atoms with van der Waals surface area (Å²) >= 11 is 5.85. The van der Waals surface area contributed by atoms with Crippen molar-refractivity contribution in [3.8, 4) is 0 Å². The van der Waals surface area contributed by atoms with Crippen LogP contribution in [0.3, 0.4) is 0 Å². The van der Waals surface area contributed by atoms with Gasteiger partial charge in [0.25, 0.3) is 0 Å². The minimum atomic E-state index is 0.258. The molecular weight excluding hydrogens is 329 g/mol. The zero-order valence-electron chi connectivity index (χ0n) is 6.48. The Labute approximate surface area is 94.0 Å². The van der Waals surface area contributed by atoms with Gasteiger partial charge in [0, 0.05) is 14.1 Å². The zero-order chi connectivity index (χ0) is 8.72. The Hall–Kier alpha value is 0.390. The van der Waals surface area contributed by atoms with E-state index < -0.39 is 0 Å². The van der Waals surface area contributed by atoms with Crippen LogP contribution in [-0.4, -0.2) is 0 Å². The first kappa shape index (κ1) is 8.97. The summed E-state index contributed by atoms with van der Waals surface area (Å²) in [6.07, 6.45) is 2.24. The number of aryl methyl sites for hydroxylation is 1. The molecular formula is C9H9BrIN. The molecule has 0 heterocycles. The van der Waals surface area contributed by atoms with Gasteiger partial charge in [0.1, 0.15) is 0 Å². The van der Waals surface area contributed by atoms with Gasteiger partial charge in [-0.2, -0.15) is 0 Å². The van der Waals surface area contributed by atoms with E-state index in [1.54, 1.807) is 0 Å². The normalized spacial score (nSPS) is 21.1. The standard InChI is InChI=1S/C9H9BrIN/c10-7-4-6-5(3-8(7)11)1-2-9(6)12/h3-4,9H,1-2,12H2/t9-/m0/s1. The van der Waals surface area contributed by atoms with E-state index in [1.165, 1.54) is 19.2 Å². The summed E-state index contributed by atoms with van der Waals surface area (Å²) in [6.45, 7) is 0.